The number of fused-ring (bicyclic) bond motifs is 1. The Bertz CT molecular complexity index is 1530. The molecule has 2 saturated heterocycles. The predicted molar refractivity (Wildman–Crippen MR) is 160 cm³/mol. The van der Waals surface area contributed by atoms with Gasteiger partial charge >= 0.3 is 5.97 Å². The number of hydrogen-bond acceptors (Lipinski definition) is 7. The fraction of sp³-hybridized carbons (Fsp3) is 0.257. The summed E-state index contributed by atoms with van der Waals surface area (Å²) in [6, 6.07) is 34.1. The van der Waals surface area contributed by atoms with Crippen molar-refractivity contribution in [2.24, 2.45) is 0 Å². The number of hydrogen-bond donors (Lipinski definition) is 2. The van der Waals surface area contributed by atoms with E-state index in [1.54, 1.807) is 12.1 Å². The van der Waals surface area contributed by atoms with E-state index >= 15 is 0 Å². The molecule has 6 atom stereocenters. The number of nitrogens with one attached hydrogen (secondary N) is 1. The van der Waals surface area contributed by atoms with E-state index in [1.165, 1.54) is 12.1 Å². The van der Waals surface area contributed by atoms with Gasteiger partial charge in [-0.25, -0.2) is 4.79 Å². The molecule has 6 rings (SSSR count). The molecule has 2 N–H and O–H groups in total. The molecule has 2 aliphatic heterocycles. The molecule has 226 valence electrons. The molecule has 3 unspecified atom stereocenters. The lowest BCUT2D eigenvalue weighted by Crippen LogP contribution is -2.67. The van der Waals surface area contributed by atoms with Gasteiger partial charge in [-0.15, -0.1) is 0 Å². The number of carboxylic acids is 1. The number of benzene rings is 4. The minimum absolute atomic E-state index is 0.0146. The van der Waals surface area contributed by atoms with Gasteiger partial charge in [0.1, 0.15) is 24.4 Å². The smallest absolute Gasteiger partial charge is 0.336 e. The van der Waals surface area contributed by atoms with E-state index < -0.39 is 48.8 Å². The van der Waals surface area contributed by atoms with Crippen LogP contribution in [0.3, 0.4) is 0 Å². The first-order valence-corrected chi connectivity index (χ1v) is 14.5. The van der Waals surface area contributed by atoms with Crippen LogP contribution in [0.15, 0.2) is 115 Å². The van der Waals surface area contributed by atoms with Crippen molar-refractivity contribution in [3.8, 4) is 0 Å². The molecular formula is C35H33NO8. The summed E-state index contributed by atoms with van der Waals surface area (Å²) < 4.78 is 31.8. The summed E-state index contributed by atoms with van der Waals surface area (Å²) in [7, 11) is 0. The Hall–Kier alpha value is -4.38. The normalized spacial score (nSPS) is 24.6. The van der Waals surface area contributed by atoms with Crippen LogP contribution in [0, 0.1) is 0 Å². The molecule has 1 amide bonds. The van der Waals surface area contributed by atoms with Crippen molar-refractivity contribution in [2.75, 3.05) is 6.61 Å². The van der Waals surface area contributed by atoms with E-state index in [0.717, 1.165) is 16.7 Å². The lowest BCUT2D eigenvalue weighted by atomic mass is 9.94. The van der Waals surface area contributed by atoms with Crippen molar-refractivity contribution in [3.05, 3.63) is 143 Å². The second-order valence-electron chi connectivity index (χ2n) is 10.6. The van der Waals surface area contributed by atoms with Crippen LogP contribution in [-0.4, -0.2) is 54.2 Å². The highest BCUT2D eigenvalue weighted by atomic mass is 16.7. The molecule has 2 fully saturated rings. The van der Waals surface area contributed by atoms with E-state index in [-0.39, 0.29) is 30.9 Å². The maximum atomic E-state index is 13.7. The molecule has 0 aromatic heterocycles. The van der Waals surface area contributed by atoms with E-state index in [1.807, 2.05) is 91.0 Å². The number of rotatable bonds is 10. The molecule has 44 heavy (non-hydrogen) atoms. The number of aromatic carboxylic acids is 1. The number of carbonyl (C=O) groups excluding carboxylic acids is 1. The zero-order valence-corrected chi connectivity index (χ0v) is 23.9. The van der Waals surface area contributed by atoms with Gasteiger partial charge in [-0.3, -0.25) is 4.79 Å². The third-order valence-corrected chi connectivity index (χ3v) is 7.65. The molecule has 4 aromatic rings. The average molecular weight is 596 g/mol. The molecule has 9 heteroatoms. The average Bonchev–Trinajstić information content (AvgIpc) is 3.08. The van der Waals surface area contributed by atoms with Gasteiger partial charge in [-0.2, -0.15) is 0 Å². The Balaban J connectivity index is 1.33. The molecule has 0 spiro atoms. The van der Waals surface area contributed by atoms with Gasteiger partial charge in [0.15, 0.2) is 12.6 Å². The zero-order chi connectivity index (χ0) is 30.3. The first kappa shape index (κ1) is 29.7. The molecular weight excluding hydrogens is 562 g/mol. The van der Waals surface area contributed by atoms with Crippen LogP contribution in [0.1, 0.15) is 43.7 Å². The van der Waals surface area contributed by atoms with Crippen molar-refractivity contribution in [1.82, 2.24) is 5.32 Å². The van der Waals surface area contributed by atoms with Crippen LogP contribution < -0.4 is 5.32 Å². The minimum atomic E-state index is -1.21. The van der Waals surface area contributed by atoms with Gasteiger partial charge in [0, 0.05) is 5.56 Å². The van der Waals surface area contributed by atoms with Crippen LogP contribution in [0.25, 0.3) is 0 Å². The summed E-state index contributed by atoms with van der Waals surface area (Å²) in [5, 5.41) is 12.7. The Labute approximate surface area is 255 Å². The van der Waals surface area contributed by atoms with E-state index in [9.17, 15) is 14.7 Å². The van der Waals surface area contributed by atoms with Gasteiger partial charge in [0.25, 0.3) is 5.91 Å². The fourth-order valence-corrected chi connectivity index (χ4v) is 5.46. The van der Waals surface area contributed by atoms with Gasteiger partial charge in [-0.1, -0.05) is 103 Å². The topological polar surface area (TPSA) is 113 Å². The number of carboxylic acid groups (broad SMARTS) is 1. The SMILES string of the molecule is O=C(O)c1ccccc1C(=O)NC1[C@H](OCc2ccccc2)OC2COC(c3ccccc3)O[C@H]2[C@H]1OCc1ccccc1. The Kier molecular flexibility index (Phi) is 9.40. The quantitative estimate of drug-likeness (QED) is 0.260. The van der Waals surface area contributed by atoms with Crippen LogP contribution in [0.4, 0.5) is 0 Å². The van der Waals surface area contributed by atoms with Gasteiger partial charge < -0.3 is 34.1 Å². The maximum Gasteiger partial charge on any atom is 0.336 e. The van der Waals surface area contributed by atoms with Crippen LogP contribution in [0.5, 0.6) is 0 Å². The summed E-state index contributed by atoms with van der Waals surface area (Å²) in [5.74, 6) is -1.80. The van der Waals surface area contributed by atoms with Crippen molar-refractivity contribution < 1.29 is 38.4 Å². The third kappa shape index (κ3) is 6.88. The summed E-state index contributed by atoms with van der Waals surface area (Å²) in [6.07, 6.45) is -3.58. The second kappa shape index (κ2) is 13.9. The summed E-state index contributed by atoms with van der Waals surface area (Å²) in [6.45, 7) is 0.655. The largest absolute Gasteiger partial charge is 0.478 e. The van der Waals surface area contributed by atoms with Gasteiger partial charge in [0.05, 0.1) is 30.9 Å². The van der Waals surface area contributed by atoms with E-state index in [0.29, 0.717) is 0 Å². The van der Waals surface area contributed by atoms with Crippen molar-refractivity contribution in [3.63, 3.8) is 0 Å². The summed E-state index contributed by atoms with van der Waals surface area (Å²) in [5.41, 5.74) is 2.59. The molecule has 0 aliphatic carbocycles. The molecule has 0 saturated carbocycles. The molecule has 9 nitrogen and oxygen atoms in total. The molecule has 0 radical (unpaired) electrons. The lowest BCUT2D eigenvalue weighted by Gasteiger charge is -2.49. The first-order valence-electron chi connectivity index (χ1n) is 14.5. The molecule has 0 bridgehead atoms. The van der Waals surface area contributed by atoms with Crippen LogP contribution in [0.2, 0.25) is 0 Å². The number of amides is 1. The third-order valence-electron chi connectivity index (χ3n) is 7.65. The van der Waals surface area contributed by atoms with Gasteiger partial charge in [-0.05, 0) is 23.3 Å². The Morgan fingerprint density at radius 2 is 1.30 bits per heavy atom. The monoisotopic (exact) mass is 595 g/mol. The molecule has 4 aromatic carbocycles. The van der Waals surface area contributed by atoms with Crippen molar-refractivity contribution >= 4 is 11.9 Å². The fourth-order valence-electron chi connectivity index (χ4n) is 5.46. The lowest BCUT2D eigenvalue weighted by molar-refractivity contribution is -0.350. The highest BCUT2D eigenvalue weighted by molar-refractivity contribution is 6.04. The van der Waals surface area contributed by atoms with Gasteiger partial charge in [0.2, 0.25) is 0 Å². The minimum Gasteiger partial charge on any atom is -0.478 e. The number of carbonyl (C=O) groups is 2. The predicted octanol–water partition coefficient (Wildman–Crippen LogP) is 5.12. The van der Waals surface area contributed by atoms with E-state index in [4.69, 9.17) is 23.7 Å². The molecule has 2 heterocycles. The summed E-state index contributed by atoms with van der Waals surface area (Å²) in [4.78, 5) is 25.7. The maximum absolute atomic E-state index is 13.7. The Morgan fingerprint density at radius 1 is 0.727 bits per heavy atom. The highest BCUT2D eigenvalue weighted by Crippen LogP contribution is 2.36. The molecule has 2 aliphatic rings. The standard InChI is InChI=1S/C35H33NO8/c37-32(26-18-10-11-19-27(26)33(38)39)36-29-31(40-20-23-12-4-1-5-13-23)30-28(22-42-34(44-30)25-16-8-3-9-17-25)43-35(29)41-21-24-14-6-2-7-15-24/h1-19,28-31,34-35H,20-22H2,(H,36,37)(H,38,39)/t28?,29?,30-,31+,34?,35-/m1/s1. The zero-order valence-electron chi connectivity index (χ0n) is 23.9. The summed E-state index contributed by atoms with van der Waals surface area (Å²) >= 11 is 0. The first-order chi connectivity index (χ1) is 21.6. The Morgan fingerprint density at radius 3 is 1.93 bits per heavy atom. The van der Waals surface area contributed by atoms with Crippen molar-refractivity contribution in [1.29, 1.82) is 0 Å². The van der Waals surface area contributed by atoms with Crippen molar-refractivity contribution in [2.45, 2.75) is 50.1 Å². The highest BCUT2D eigenvalue weighted by Gasteiger charge is 2.52. The number of ether oxygens (including phenoxy) is 5. The van der Waals surface area contributed by atoms with E-state index in [2.05, 4.69) is 5.32 Å². The van der Waals surface area contributed by atoms with Crippen LogP contribution in [-0.2, 0) is 36.9 Å². The van der Waals surface area contributed by atoms with Crippen LogP contribution >= 0.6 is 0 Å². The second-order valence-corrected chi connectivity index (χ2v) is 10.6.